The fourth-order valence-corrected chi connectivity index (χ4v) is 2.81. The first-order valence-electron chi connectivity index (χ1n) is 6.02. The van der Waals surface area contributed by atoms with Crippen LogP contribution in [0.5, 0.6) is 0 Å². The topological polar surface area (TPSA) is 22.0 Å². The molecule has 1 aromatic carbocycles. The Kier molecular flexibility index (Phi) is 2.67. The standard InChI is InChI=1S/C14H14ClNO/c15-13-6-2-5-11-7-12(9-17)16(14(11)13)8-10-3-1-4-10/h2,5-7,9-10H,1,3-4,8H2. The van der Waals surface area contributed by atoms with E-state index in [9.17, 15) is 4.79 Å². The van der Waals surface area contributed by atoms with Crippen LogP contribution in [0.15, 0.2) is 24.3 Å². The second kappa shape index (κ2) is 4.19. The van der Waals surface area contributed by atoms with Crippen LogP contribution >= 0.6 is 11.6 Å². The minimum atomic E-state index is 0.709. The number of nitrogens with zero attached hydrogens (tertiary/aromatic N) is 1. The van der Waals surface area contributed by atoms with Crippen LogP contribution in [-0.4, -0.2) is 10.9 Å². The number of hydrogen-bond donors (Lipinski definition) is 0. The van der Waals surface area contributed by atoms with Crippen LogP contribution in [0.1, 0.15) is 29.8 Å². The summed E-state index contributed by atoms with van der Waals surface area (Å²) in [7, 11) is 0. The lowest BCUT2D eigenvalue weighted by Crippen LogP contribution is -2.19. The normalized spacial score (nSPS) is 16.1. The number of benzene rings is 1. The monoisotopic (exact) mass is 247 g/mol. The summed E-state index contributed by atoms with van der Waals surface area (Å²) in [5.41, 5.74) is 1.74. The van der Waals surface area contributed by atoms with Crippen molar-refractivity contribution in [3.8, 4) is 0 Å². The number of rotatable bonds is 3. The number of carbonyl (C=O) groups excluding carboxylic acids is 1. The molecule has 0 N–H and O–H groups in total. The Morgan fingerprint density at radius 1 is 1.41 bits per heavy atom. The highest BCUT2D eigenvalue weighted by Gasteiger charge is 2.20. The molecule has 0 unspecified atom stereocenters. The van der Waals surface area contributed by atoms with Gasteiger partial charge in [0.05, 0.1) is 16.2 Å². The van der Waals surface area contributed by atoms with E-state index in [1.165, 1.54) is 19.3 Å². The molecule has 88 valence electrons. The van der Waals surface area contributed by atoms with Crippen LogP contribution in [0.2, 0.25) is 5.02 Å². The summed E-state index contributed by atoms with van der Waals surface area (Å²) >= 11 is 6.24. The van der Waals surface area contributed by atoms with E-state index in [1.807, 2.05) is 24.3 Å². The number of hydrogen-bond acceptors (Lipinski definition) is 1. The first-order valence-corrected chi connectivity index (χ1v) is 6.40. The van der Waals surface area contributed by atoms with Gasteiger partial charge in [-0.1, -0.05) is 30.2 Å². The number of carbonyl (C=O) groups is 1. The Labute approximate surface area is 105 Å². The maximum atomic E-state index is 11.1. The van der Waals surface area contributed by atoms with Crippen molar-refractivity contribution in [1.82, 2.24) is 4.57 Å². The summed E-state index contributed by atoms with van der Waals surface area (Å²) in [6.45, 7) is 0.918. The zero-order valence-corrected chi connectivity index (χ0v) is 10.3. The van der Waals surface area contributed by atoms with Gasteiger partial charge in [-0.05, 0) is 30.9 Å². The van der Waals surface area contributed by atoms with Crippen LogP contribution in [0, 0.1) is 5.92 Å². The quantitative estimate of drug-likeness (QED) is 0.754. The third kappa shape index (κ3) is 1.77. The van der Waals surface area contributed by atoms with E-state index in [4.69, 9.17) is 11.6 Å². The molecule has 1 aromatic heterocycles. The lowest BCUT2D eigenvalue weighted by Gasteiger charge is -2.26. The molecule has 0 aliphatic heterocycles. The van der Waals surface area contributed by atoms with Gasteiger partial charge >= 0.3 is 0 Å². The molecule has 0 radical (unpaired) electrons. The molecule has 1 fully saturated rings. The van der Waals surface area contributed by atoms with Crippen molar-refractivity contribution in [1.29, 1.82) is 0 Å². The largest absolute Gasteiger partial charge is 0.337 e. The average Bonchev–Trinajstić information content (AvgIpc) is 2.63. The molecular weight excluding hydrogens is 234 g/mol. The van der Waals surface area contributed by atoms with Crippen LogP contribution in [-0.2, 0) is 6.54 Å². The van der Waals surface area contributed by atoms with Crippen molar-refractivity contribution in [2.75, 3.05) is 0 Å². The van der Waals surface area contributed by atoms with Gasteiger partial charge in [0.15, 0.2) is 6.29 Å². The molecule has 0 atom stereocenters. The third-order valence-electron chi connectivity index (χ3n) is 3.69. The fraction of sp³-hybridized carbons (Fsp3) is 0.357. The molecule has 2 aromatic rings. The lowest BCUT2D eigenvalue weighted by atomic mass is 9.85. The van der Waals surface area contributed by atoms with Crippen molar-refractivity contribution in [3.05, 3.63) is 35.0 Å². The highest BCUT2D eigenvalue weighted by Crippen LogP contribution is 2.32. The van der Waals surface area contributed by atoms with Crippen molar-refractivity contribution >= 4 is 28.8 Å². The summed E-state index contributed by atoms with van der Waals surface area (Å²) in [6.07, 6.45) is 4.77. The van der Waals surface area contributed by atoms with Gasteiger partial charge in [-0.2, -0.15) is 0 Å². The maximum Gasteiger partial charge on any atom is 0.166 e. The predicted octanol–water partition coefficient (Wildman–Crippen LogP) is 3.91. The Bertz CT molecular complexity index is 569. The highest BCUT2D eigenvalue weighted by atomic mass is 35.5. The molecule has 0 spiro atoms. The molecule has 3 rings (SSSR count). The van der Waals surface area contributed by atoms with Gasteiger partial charge in [-0.25, -0.2) is 0 Å². The van der Waals surface area contributed by atoms with E-state index in [0.717, 1.165) is 34.5 Å². The Morgan fingerprint density at radius 3 is 2.88 bits per heavy atom. The molecule has 0 bridgehead atoms. The van der Waals surface area contributed by atoms with Crippen LogP contribution in [0.3, 0.4) is 0 Å². The average molecular weight is 248 g/mol. The first kappa shape index (κ1) is 10.8. The summed E-state index contributed by atoms with van der Waals surface area (Å²) < 4.78 is 2.08. The Hall–Kier alpha value is -1.28. The lowest BCUT2D eigenvalue weighted by molar-refractivity contribution is 0.111. The van der Waals surface area contributed by atoms with E-state index in [2.05, 4.69) is 4.57 Å². The number of aromatic nitrogens is 1. The van der Waals surface area contributed by atoms with Crippen molar-refractivity contribution in [3.63, 3.8) is 0 Å². The number of halogens is 1. The zero-order chi connectivity index (χ0) is 11.8. The molecule has 1 saturated carbocycles. The first-order chi connectivity index (χ1) is 8.29. The predicted molar refractivity (Wildman–Crippen MR) is 69.7 cm³/mol. The molecule has 2 nitrogen and oxygen atoms in total. The number of para-hydroxylation sites is 1. The van der Waals surface area contributed by atoms with E-state index < -0.39 is 0 Å². The minimum Gasteiger partial charge on any atom is -0.337 e. The van der Waals surface area contributed by atoms with Gasteiger partial charge in [0, 0.05) is 11.9 Å². The van der Waals surface area contributed by atoms with E-state index >= 15 is 0 Å². The second-order valence-electron chi connectivity index (χ2n) is 4.77. The molecule has 0 saturated heterocycles. The minimum absolute atomic E-state index is 0.709. The Balaban J connectivity index is 2.14. The summed E-state index contributed by atoms with van der Waals surface area (Å²) in [5, 5.41) is 1.79. The van der Waals surface area contributed by atoms with Crippen molar-refractivity contribution in [2.24, 2.45) is 5.92 Å². The van der Waals surface area contributed by atoms with Gasteiger partial charge in [0.1, 0.15) is 0 Å². The van der Waals surface area contributed by atoms with Crippen LogP contribution in [0.4, 0.5) is 0 Å². The van der Waals surface area contributed by atoms with Crippen molar-refractivity contribution in [2.45, 2.75) is 25.8 Å². The number of aldehydes is 1. The SMILES string of the molecule is O=Cc1cc2cccc(Cl)c2n1CC1CCC1. The zero-order valence-electron chi connectivity index (χ0n) is 9.53. The second-order valence-corrected chi connectivity index (χ2v) is 5.18. The van der Waals surface area contributed by atoms with Crippen LogP contribution in [0.25, 0.3) is 10.9 Å². The molecule has 0 amide bonds. The number of fused-ring (bicyclic) bond motifs is 1. The molecular formula is C14H14ClNO. The molecule has 17 heavy (non-hydrogen) atoms. The van der Waals surface area contributed by atoms with Gasteiger partial charge in [-0.15, -0.1) is 0 Å². The smallest absolute Gasteiger partial charge is 0.166 e. The maximum absolute atomic E-state index is 11.1. The Morgan fingerprint density at radius 2 is 2.24 bits per heavy atom. The summed E-state index contributed by atoms with van der Waals surface area (Å²) in [5.74, 6) is 0.709. The van der Waals surface area contributed by atoms with Gasteiger partial charge in [0.2, 0.25) is 0 Å². The molecule has 1 aliphatic carbocycles. The van der Waals surface area contributed by atoms with Gasteiger partial charge in [-0.3, -0.25) is 4.79 Å². The van der Waals surface area contributed by atoms with Crippen molar-refractivity contribution < 1.29 is 4.79 Å². The molecule has 3 heteroatoms. The third-order valence-corrected chi connectivity index (χ3v) is 3.99. The summed E-state index contributed by atoms with van der Waals surface area (Å²) in [6, 6.07) is 7.74. The highest BCUT2D eigenvalue weighted by molar-refractivity contribution is 6.35. The summed E-state index contributed by atoms with van der Waals surface area (Å²) in [4.78, 5) is 11.1. The van der Waals surface area contributed by atoms with E-state index in [0.29, 0.717) is 5.92 Å². The molecule has 1 aliphatic rings. The van der Waals surface area contributed by atoms with Gasteiger partial charge in [0.25, 0.3) is 0 Å². The van der Waals surface area contributed by atoms with E-state index in [-0.39, 0.29) is 0 Å². The van der Waals surface area contributed by atoms with Gasteiger partial charge < -0.3 is 4.57 Å². The fourth-order valence-electron chi connectivity index (χ4n) is 2.53. The van der Waals surface area contributed by atoms with E-state index in [1.54, 1.807) is 0 Å². The molecule has 1 heterocycles. The van der Waals surface area contributed by atoms with Crippen LogP contribution < -0.4 is 0 Å².